The summed E-state index contributed by atoms with van der Waals surface area (Å²) in [5.74, 6) is 0.420. The van der Waals surface area contributed by atoms with Crippen molar-refractivity contribution in [1.29, 1.82) is 0 Å². The Morgan fingerprint density at radius 3 is 2.50 bits per heavy atom. The summed E-state index contributed by atoms with van der Waals surface area (Å²) in [4.78, 5) is 31.3. The van der Waals surface area contributed by atoms with E-state index < -0.39 is 11.9 Å². The molecule has 0 aromatic carbocycles. The fourth-order valence-electron chi connectivity index (χ4n) is 5.28. The van der Waals surface area contributed by atoms with E-state index in [1.165, 1.54) is 0 Å². The van der Waals surface area contributed by atoms with Crippen LogP contribution in [0.15, 0.2) is 5.38 Å². The zero-order chi connectivity index (χ0) is 19.7. The van der Waals surface area contributed by atoms with Gasteiger partial charge in [0.2, 0.25) is 5.91 Å². The summed E-state index contributed by atoms with van der Waals surface area (Å²) in [6.07, 6.45) is -0.560. The van der Waals surface area contributed by atoms with Crippen LogP contribution < -0.4 is 5.32 Å². The second-order valence-corrected chi connectivity index (χ2v) is 9.87. The van der Waals surface area contributed by atoms with Gasteiger partial charge in [0.25, 0.3) is 0 Å². The van der Waals surface area contributed by atoms with Crippen molar-refractivity contribution < 1.29 is 22.8 Å². The Hall–Kier alpha value is -1.84. The fraction of sp³-hybridized carbons (Fsp3) is 0.722. The molecule has 4 aliphatic rings. The minimum atomic E-state index is -4.37. The maximum Gasteiger partial charge on any atom is 0.434 e. The molecule has 1 aromatic rings. The van der Waals surface area contributed by atoms with Crippen LogP contribution in [-0.4, -0.2) is 58.4 Å². The maximum absolute atomic E-state index is 12.6. The van der Waals surface area contributed by atoms with E-state index in [1.54, 1.807) is 4.90 Å². The van der Waals surface area contributed by atoms with E-state index in [-0.39, 0.29) is 22.9 Å². The summed E-state index contributed by atoms with van der Waals surface area (Å²) in [5, 5.41) is 4.61. The van der Waals surface area contributed by atoms with E-state index in [2.05, 4.69) is 10.3 Å². The third kappa shape index (κ3) is 2.96. The van der Waals surface area contributed by atoms with Crippen molar-refractivity contribution in [3.63, 3.8) is 0 Å². The molecule has 3 amide bonds. The number of nitrogens with zero attached hydrogens (tertiary/aromatic N) is 3. The van der Waals surface area contributed by atoms with Crippen LogP contribution in [-0.2, 0) is 17.4 Å². The van der Waals surface area contributed by atoms with Gasteiger partial charge in [-0.1, -0.05) is 0 Å². The molecule has 152 valence electrons. The average Bonchev–Trinajstić information content (AvgIpc) is 3.12. The minimum Gasteiger partial charge on any atom is -0.347 e. The second kappa shape index (κ2) is 5.84. The van der Waals surface area contributed by atoms with Gasteiger partial charge >= 0.3 is 12.2 Å². The van der Waals surface area contributed by atoms with E-state index in [1.807, 2.05) is 4.90 Å². The lowest BCUT2D eigenvalue weighted by Crippen LogP contribution is -2.73. The molecule has 5 rings (SSSR count). The van der Waals surface area contributed by atoms with Crippen LogP contribution >= 0.6 is 11.3 Å². The Morgan fingerprint density at radius 1 is 1.25 bits per heavy atom. The number of urea groups is 1. The van der Waals surface area contributed by atoms with Gasteiger partial charge in [-0.2, -0.15) is 13.2 Å². The number of carbonyl (C=O) groups excluding carboxylic acids is 2. The number of alkyl halides is 3. The number of hydrogen-bond acceptors (Lipinski definition) is 4. The normalized spacial score (nSPS) is 25.5. The number of amides is 3. The molecule has 4 fully saturated rings. The zero-order valence-corrected chi connectivity index (χ0v) is 16.0. The van der Waals surface area contributed by atoms with Crippen LogP contribution in [0.3, 0.4) is 0 Å². The van der Waals surface area contributed by atoms with Crippen molar-refractivity contribution in [2.75, 3.05) is 26.2 Å². The molecular weight excluding hydrogens is 393 g/mol. The molecule has 1 N–H and O–H groups in total. The smallest absolute Gasteiger partial charge is 0.347 e. The first-order valence-electron chi connectivity index (χ1n) is 9.52. The molecular formula is C18H21F3N4O2S. The third-order valence-corrected chi connectivity index (χ3v) is 7.44. The van der Waals surface area contributed by atoms with Gasteiger partial charge < -0.3 is 15.1 Å². The van der Waals surface area contributed by atoms with Crippen LogP contribution in [0, 0.1) is 11.3 Å². The van der Waals surface area contributed by atoms with Crippen molar-refractivity contribution in [3.8, 4) is 0 Å². The second-order valence-electron chi connectivity index (χ2n) is 8.93. The van der Waals surface area contributed by atoms with E-state index in [4.69, 9.17) is 0 Å². The Bertz CT molecular complexity index is 819. The molecule has 10 heteroatoms. The monoisotopic (exact) mass is 414 g/mol. The van der Waals surface area contributed by atoms with Crippen molar-refractivity contribution in [3.05, 3.63) is 16.1 Å². The molecule has 2 spiro atoms. The number of aromatic nitrogens is 1. The molecule has 1 aliphatic carbocycles. The SMILES string of the molecule is O=C1CCC2(CN(C(=O)N3CC4(CC(Cc5nc(C(F)(F)F)cs5)C4)C3)C2)N1. The van der Waals surface area contributed by atoms with Gasteiger partial charge in [-0.15, -0.1) is 11.3 Å². The third-order valence-electron chi connectivity index (χ3n) is 6.56. The Morgan fingerprint density at radius 2 is 1.93 bits per heavy atom. The van der Waals surface area contributed by atoms with E-state index in [9.17, 15) is 22.8 Å². The fourth-order valence-corrected chi connectivity index (χ4v) is 6.20. The summed E-state index contributed by atoms with van der Waals surface area (Å²) in [6, 6.07) is 0.0376. The van der Waals surface area contributed by atoms with Gasteiger partial charge in [0.05, 0.1) is 10.5 Å². The largest absolute Gasteiger partial charge is 0.434 e. The van der Waals surface area contributed by atoms with E-state index in [0.29, 0.717) is 36.9 Å². The van der Waals surface area contributed by atoms with Crippen LogP contribution in [0.5, 0.6) is 0 Å². The first-order chi connectivity index (χ1) is 13.2. The summed E-state index contributed by atoms with van der Waals surface area (Å²) in [6.45, 7) is 2.64. The van der Waals surface area contributed by atoms with Crippen molar-refractivity contribution >= 4 is 23.3 Å². The number of carbonyl (C=O) groups is 2. The lowest BCUT2D eigenvalue weighted by molar-refractivity contribution is -0.140. The van der Waals surface area contributed by atoms with Gasteiger partial charge in [-0.05, 0) is 25.2 Å². The molecule has 1 saturated carbocycles. The molecule has 0 radical (unpaired) electrons. The Kier molecular flexibility index (Phi) is 3.80. The van der Waals surface area contributed by atoms with Crippen LogP contribution in [0.1, 0.15) is 36.4 Å². The molecule has 28 heavy (non-hydrogen) atoms. The van der Waals surface area contributed by atoms with Crippen molar-refractivity contribution in [2.45, 2.75) is 43.8 Å². The predicted molar refractivity (Wildman–Crippen MR) is 94.6 cm³/mol. The van der Waals surface area contributed by atoms with Gasteiger partial charge in [-0.25, -0.2) is 9.78 Å². The topological polar surface area (TPSA) is 65.5 Å². The lowest BCUT2D eigenvalue weighted by atomic mass is 9.57. The van der Waals surface area contributed by atoms with Crippen molar-refractivity contribution in [2.24, 2.45) is 11.3 Å². The molecule has 0 bridgehead atoms. The number of likely N-dealkylation sites (tertiary alicyclic amines) is 2. The van der Waals surface area contributed by atoms with Crippen LogP contribution in [0.2, 0.25) is 0 Å². The summed E-state index contributed by atoms with van der Waals surface area (Å²) >= 11 is 1.08. The number of rotatable bonds is 2. The molecule has 0 unspecified atom stereocenters. The number of nitrogens with one attached hydrogen (secondary N) is 1. The van der Waals surface area contributed by atoms with E-state index >= 15 is 0 Å². The Labute approximate surface area is 164 Å². The van der Waals surface area contributed by atoms with Crippen LogP contribution in [0.25, 0.3) is 0 Å². The van der Waals surface area contributed by atoms with Gasteiger partial charge in [0, 0.05) is 49.8 Å². The molecule has 0 atom stereocenters. The highest BCUT2D eigenvalue weighted by molar-refractivity contribution is 7.09. The van der Waals surface area contributed by atoms with Crippen LogP contribution in [0.4, 0.5) is 18.0 Å². The predicted octanol–water partition coefficient (Wildman–Crippen LogP) is 2.50. The average molecular weight is 414 g/mol. The van der Waals surface area contributed by atoms with Gasteiger partial charge in [0.15, 0.2) is 5.69 Å². The highest BCUT2D eigenvalue weighted by atomic mass is 32.1. The standard InChI is InChI=1S/C18H21F3N4O2S/c19-18(20,21)12-6-28-14(22-12)3-11-4-16(5-11)7-24(8-16)15(27)25-9-17(10-25)2-1-13(26)23-17/h6,11H,1-5,7-10H2,(H,23,26). The van der Waals surface area contributed by atoms with Gasteiger partial charge in [0.1, 0.15) is 0 Å². The first-order valence-corrected chi connectivity index (χ1v) is 10.4. The molecule has 6 nitrogen and oxygen atoms in total. The summed E-state index contributed by atoms with van der Waals surface area (Å²) in [7, 11) is 0. The van der Waals surface area contributed by atoms with Gasteiger partial charge in [-0.3, -0.25) is 4.79 Å². The minimum absolute atomic E-state index is 0.0376. The number of halogens is 3. The molecule has 4 heterocycles. The van der Waals surface area contributed by atoms with Crippen molar-refractivity contribution in [1.82, 2.24) is 20.1 Å². The maximum atomic E-state index is 12.6. The molecule has 3 aliphatic heterocycles. The summed E-state index contributed by atoms with van der Waals surface area (Å²) < 4.78 is 37.9. The van der Waals surface area contributed by atoms with E-state index in [0.717, 1.165) is 49.1 Å². The first kappa shape index (κ1) is 18.2. The number of hydrogen-bond donors (Lipinski definition) is 1. The molecule has 1 aromatic heterocycles. The summed E-state index contributed by atoms with van der Waals surface area (Å²) in [5.41, 5.74) is -0.846. The Balaban J connectivity index is 1.07. The lowest BCUT2D eigenvalue weighted by Gasteiger charge is -2.61. The number of thiazole rings is 1. The highest BCUT2D eigenvalue weighted by Crippen LogP contribution is 2.53. The quantitative estimate of drug-likeness (QED) is 0.809. The zero-order valence-electron chi connectivity index (χ0n) is 15.2. The molecule has 3 saturated heterocycles. The highest BCUT2D eigenvalue weighted by Gasteiger charge is 2.56.